The van der Waals surface area contributed by atoms with Gasteiger partial charge in [-0.05, 0) is 37.3 Å². The molecule has 5 rings (SSSR count). The third-order valence-corrected chi connectivity index (χ3v) is 6.04. The molecule has 1 spiro atoms. The standard InChI is InChI=1S/C17H18N2O2/c20-14-6-8-16(21)7-5-13-17(9-10-18-13)11-3-1-2-4-12(11)19(14)15(16)17/h1-4,15,21H,5-10H2/t15-,16-,17+/m0/s1. The van der Waals surface area contributed by atoms with E-state index in [9.17, 15) is 9.90 Å². The molecule has 1 N–H and O–H groups in total. The van der Waals surface area contributed by atoms with E-state index in [0.29, 0.717) is 12.8 Å². The van der Waals surface area contributed by atoms with E-state index in [0.717, 1.165) is 31.5 Å². The lowest BCUT2D eigenvalue weighted by molar-refractivity contribution is -0.128. The van der Waals surface area contributed by atoms with Gasteiger partial charge in [0.05, 0.1) is 17.1 Å². The summed E-state index contributed by atoms with van der Waals surface area (Å²) in [5.41, 5.74) is 2.44. The topological polar surface area (TPSA) is 52.9 Å². The number of benzene rings is 1. The number of amides is 1. The Bertz CT molecular complexity index is 698. The van der Waals surface area contributed by atoms with Crippen molar-refractivity contribution in [2.75, 3.05) is 11.4 Å². The molecule has 0 bridgehead atoms. The molecular weight excluding hydrogens is 264 g/mol. The first-order chi connectivity index (χ1) is 10.2. The van der Waals surface area contributed by atoms with Crippen LogP contribution in [0.1, 0.15) is 37.7 Å². The smallest absolute Gasteiger partial charge is 0.227 e. The molecule has 3 aliphatic heterocycles. The molecule has 4 heteroatoms. The van der Waals surface area contributed by atoms with Gasteiger partial charge in [-0.25, -0.2) is 0 Å². The largest absolute Gasteiger partial charge is 0.388 e. The first kappa shape index (κ1) is 11.9. The van der Waals surface area contributed by atoms with Crippen LogP contribution in [0, 0.1) is 0 Å². The Kier molecular flexibility index (Phi) is 2.02. The number of rotatable bonds is 0. The number of carbonyl (C=O) groups is 1. The van der Waals surface area contributed by atoms with Crippen molar-refractivity contribution < 1.29 is 9.90 Å². The number of hydrogen-bond donors (Lipinski definition) is 1. The third-order valence-electron chi connectivity index (χ3n) is 6.04. The van der Waals surface area contributed by atoms with E-state index in [1.807, 2.05) is 23.1 Å². The fourth-order valence-corrected chi connectivity index (χ4v) is 5.26. The van der Waals surface area contributed by atoms with Gasteiger partial charge in [0.15, 0.2) is 0 Å². The second-order valence-electron chi connectivity index (χ2n) is 6.84. The molecule has 3 atom stereocenters. The van der Waals surface area contributed by atoms with Crippen LogP contribution in [0.2, 0.25) is 0 Å². The molecule has 1 saturated heterocycles. The number of aliphatic hydroxyl groups is 1. The molecule has 0 aromatic heterocycles. The Balaban J connectivity index is 1.84. The van der Waals surface area contributed by atoms with Gasteiger partial charge in [-0.1, -0.05) is 18.2 Å². The maximum atomic E-state index is 12.6. The second kappa shape index (κ2) is 3.55. The molecule has 21 heavy (non-hydrogen) atoms. The molecule has 0 radical (unpaired) electrons. The van der Waals surface area contributed by atoms with Crippen molar-refractivity contribution >= 4 is 17.3 Å². The number of aliphatic imine (C=N–C) groups is 1. The highest BCUT2D eigenvalue weighted by atomic mass is 16.3. The van der Waals surface area contributed by atoms with Crippen LogP contribution >= 0.6 is 0 Å². The summed E-state index contributed by atoms with van der Waals surface area (Å²) in [6.07, 6.45) is 3.56. The number of carbonyl (C=O) groups excluding carboxylic acids is 1. The Morgan fingerprint density at radius 1 is 1.19 bits per heavy atom. The molecule has 1 aliphatic carbocycles. The average Bonchev–Trinajstić information content (AvgIpc) is 3.05. The Morgan fingerprint density at radius 3 is 2.90 bits per heavy atom. The molecule has 1 amide bonds. The summed E-state index contributed by atoms with van der Waals surface area (Å²) in [5, 5.41) is 11.3. The molecule has 4 nitrogen and oxygen atoms in total. The monoisotopic (exact) mass is 282 g/mol. The molecule has 2 fully saturated rings. The molecular formula is C17H18N2O2. The number of nitrogens with zero attached hydrogens (tertiary/aromatic N) is 2. The van der Waals surface area contributed by atoms with Crippen LogP contribution < -0.4 is 4.90 Å². The number of anilines is 1. The van der Waals surface area contributed by atoms with Gasteiger partial charge in [0.2, 0.25) is 5.91 Å². The van der Waals surface area contributed by atoms with Crippen molar-refractivity contribution in [3.8, 4) is 0 Å². The van der Waals surface area contributed by atoms with E-state index < -0.39 is 5.60 Å². The predicted molar refractivity (Wildman–Crippen MR) is 79.7 cm³/mol. The van der Waals surface area contributed by atoms with Crippen molar-refractivity contribution in [2.24, 2.45) is 4.99 Å². The molecule has 1 aromatic carbocycles. The molecule has 1 saturated carbocycles. The maximum Gasteiger partial charge on any atom is 0.227 e. The quantitative estimate of drug-likeness (QED) is 0.789. The third kappa shape index (κ3) is 1.18. The lowest BCUT2D eigenvalue weighted by atomic mass is 9.58. The van der Waals surface area contributed by atoms with Crippen molar-refractivity contribution in [1.29, 1.82) is 0 Å². The predicted octanol–water partition coefficient (Wildman–Crippen LogP) is 1.80. The van der Waals surface area contributed by atoms with Crippen LogP contribution in [0.25, 0.3) is 0 Å². The zero-order valence-electron chi connectivity index (χ0n) is 11.9. The number of hydrogen-bond acceptors (Lipinski definition) is 3. The Labute approximate surface area is 123 Å². The normalized spacial score (nSPS) is 39.7. The second-order valence-corrected chi connectivity index (χ2v) is 6.84. The Hall–Kier alpha value is -1.68. The van der Waals surface area contributed by atoms with Crippen LogP contribution in [0.4, 0.5) is 5.69 Å². The van der Waals surface area contributed by atoms with Crippen LogP contribution in [0.3, 0.4) is 0 Å². The van der Waals surface area contributed by atoms with E-state index in [-0.39, 0.29) is 17.4 Å². The summed E-state index contributed by atoms with van der Waals surface area (Å²) in [6.45, 7) is 0.818. The van der Waals surface area contributed by atoms with Crippen molar-refractivity contribution in [3.63, 3.8) is 0 Å². The summed E-state index contributed by atoms with van der Waals surface area (Å²) in [7, 11) is 0. The van der Waals surface area contributed by atoms with Crippen LogP contribution in [0.15, 0.2) is 29.3 Å². The van der Waals surface area contributed by atoms with Crippen molar-refractivity contribution in [2.45, 2.75) is 49.2 Å². The van der Waals surface area contributed by atoms with Crippen molar-refractivity contribution in [3.05, 3.63) is 29.8 Å². The highest BCUT2D eigenvalue weighted by Gasteiger charge is 2.67. The van der Waals surface area contributed by atoms with E-state index in [1.165, 1.54) is 11.3 Å². The number of fused-ring (bicyclic) bond motifs is 2. The average molecular weight is 282 g/mol. The highest BCUT2D eigenvalue weighted by molar-refractivity contribution is 6.08. The van der Waals surface area contributed by atoms with E-state index in [1.54, 1.807) is 0 Å². The lowest BCUT2D eigenvalue weighted by Crippen LogP contribution is -2.68. The lowest BCUT2D eigenvalue weighted by Gasteiger charge is -2.53. The van der Waals surface area contributed by atoms with Gasteiger partial charge in [0.1, 0.15) is 0 Å². The SMILES string of the molecule is O=C1CC[C@@]2(O)CCC3=NCC[C@@]34c3ccccc3N1[C@@H]24. The fraction of sp³-hybridized carbons (Fsp3) is 0.529. The molecule has 1 aromatic rings. The first-order valence-electron chi connectivity index (χ1n) is 7.85. The minimum atomic E-state index is -0.754. The highest BCUT2D eigenvalue weighted by Crippen LogP contribution is 2.59. The summed E-state index contributed by atoms with van der Waals surface area (Å²) in [5.74, 6) is 0.155. The molecule has 0 unspecified atom stereocenters. The molecule has 108 valence electrons. The van der Waals surface area contributed by atoms with Gasteiger partial charge in [-0.3, -0.25) is 9.79 Å². The minimum absolute atomic E-state index is 0.140. The van der Waals surface area contributed by atoms with Gasteiger partial charge < -0.3 is 10.0 Å². The summed E-state index contributed by atoms with van der Waals surface area (Å²) in [4.78, 5) is 19.2. The zero-order chi connectivity index (χ0) is 14.2. The molecule has 3 heterocycles. The maximum absolute atomic E-state index is 12.6. The summed E-state index contributed by atoms with van der Waals surface area (Å²) >= 11 is 0. The first-order valence-corrected chi connectivity index (χ1v) is 7.85. The number of piperidine rings is 1. The Morgan fingerprint density at radius 2 is 2.00 bits per heavy atom. The minimum Gasteiger partial charge on any atom is -0.388 e. The van der Waals surface area contributed by atoms with Gasteiger partial charge >= 0.3 is 0 Å². The van der Waals surface area contributed by atoms with Crippen LogP contribution in [-0.4, -0.2) is 34.9 Å². The summed E-state index contributed by atoms with van der Waals surface area (Å²) < 4.78 is 0. The van der Waals surface area contributed by atoms with E-state index in [4.69, 9.17) is 4.99 Å². The number of para-hydroxylation sites is 1. The van der Waals surface area contributed by atoms with Gasteiger partial charge in [0, 0.05) is 24.4 Å². The van der Waals surface area contributed by atoms with E-state index >= 15 is 0 Å². The zero-order valence-corrected chi connectivity index (χ0v) is 11.9. The fourth-order valence-electron chi connectivity index (χ4n) is 5.26. The van der Waals surface area contributed by atoms with Crippen LogP contribution in [0.5, 0.6) is 0 Å². The van der Waals surface area contributed by atoms with Crippen molar-refractivity contribution in [1.82, 2.24) is 0 Å². The summed E-state index contributed by atoms with van der Waals surface area (Å²) in [6, 6.07) is 8.05. The van der Waals surface area contributed by atoms with E-state index in [2.05, 4.69) is 6.07 Å². The van der Waals surface area contributed by atoms with Gasteiger partial charge in [-0.2, -0.15) is 0 Å². The van der Waals surface area contributed by atoms with Crippen LogP contribution in [-0.2, 0) is 10.2 Å². The molecule has 4 aliphatic rings. The van der Waals surface area contributed by atoms with Gasteiger partial charge in [0.25, 0.3) is 0 Å². The van der Waals surface area contributed by atoms with Gasteiger partial charge in [-0.15, -0.1) is 0 Å².